The number of amides is 1. The lowest BCUT2D eigenvalue weighted by molar-refractivity contribution is -0.160. The second-order valence-corrected chi connectivity index (χ2v) is 7.07. The maximum atomic E-state index is 12.1. The number of esters is 1. The highest BCUT2D eigenvalue weighted by Gasteiger charge is 2.42. The lowest BCUT2D eigenvalue weighted by Gasteiger charge is -2.29. The van der Waals surface area contributed by atoms with Crippen LogP contribution in [0.4, 0.5) is 4.79 Å². The summed E-state index contributed by atoms with van der Waals surface area (Å²) in [6, 6.07) is -0.793. The molecule has 6 heteroatoms. The largest absolute Gasteiger partial charge is 0.458 e. The van der Waals surface area contributed by atoms with Crippen LogP contribution in [0, 0.1) is 0 Å². The van der Waals surface area contributed by atoms with E-state index in [0.717, 1.165) is 0 Å². The predicted molar refractivity (Wildman–Crippen MR) is 73.2 cm³/mol. The summed E-state index contributed by atoms with van der Waals surface area (Å²) < 4.78 is 10.5. The van der Waals surface area contributed by atoms with Crippen LogP contribution >= 0.6 is 0 Å². The Balaban J connectivity index is 2.78. The number of carbonyl (C=O) groups is 2. The minimum atomic E-state index is -0.793. The second kappa shape index (κ2) is 5.60. The first-order chi connectivity index (χ1) is 8.89. The number of likely N-dealkylation sites (tertiary alicyclic amines) is 1. The third-order valence-corrected chi connectivity index (χ3v) is 2.59. The van der Waals surface area contributed by atoms with E-state index in [1.165, 1.54) is 4.90 Å². The van der Waals surface area contributed by atoms with Crippen LogP contribution in [0.25, 0.3) is 0 Å². The summed E-state index contributed by atoms with van der Waals surface area (Å²) in [6.45, 7) is 10.6. The van der Waals surface area contributed by atoms with E-state index in [1.54, 1.807) is 41.5 Å². The number of ether oxygens (including phenoxy) is 2. The first kappa shape index (κ1) is 16.8. The normalized spacial score (nSPS) is 23.6. The standard InChI is InChI=1S/C14H25NO5/c1-13(2,3)19-11(17)10-7-9(16)8-15(10)12(18)20-14(4,5)6/h9-10,16H,7-8H2,1-6H3/t9-,10-/m0/s1. The predicted octanol–water partition coefficient (Wildman–Crippen LogP) is 1.70. The van der Waals surface area contributed by atoms with Crippen molar-refractivity contribution in [1.29, 1.82) is 0 Å². The van der Waals surface area contributed by atoms with Gasteiger partial charge < -0.3 is 14.6 Å². The summed E-state index contributed by atoms with van der Waals surface area (Å²) in [5.41, 5.74) is -1.28. The molecule has 1 amide bonds. The number of aliphatic hydroxyl groups is 1. The Morgan fingerprint density at radius 2 is 1.55 bits per heavy atom. The van der Waals surface area contributed by atoms with Gasteiger partial charge in [0.15, 0.2) is 0 Å². The summed E-state index contributed by atoms with van der Waals surface area (Å²) in [5, 5.41) is 9.71. The van der Waals surface area contributed by atoms with Crippen LogP contribution < -0.4 is 0 Å². The molecule has 1 aliphatic rings. The zero-order chi connectivity index (χ0) is 15.7. The number of hydrogen-bond acceptors (Lipinski definition) is 5. The van der Waals surface area contributed by atoms with E-state index in [0.29, 0.717) is 0 Å². The first-order valence-corrected chi connectivity index (χ1v) is 6.79. The highest BCUT2D eigenvalue weighted by Crippen LogP contribution is 2.24. The van der Waals surface area contributed by atoms with Crippen LogP contribution in [0.5, 0.6) is 0 Å². The smallest absolute Gasteiger partial charge is 0.411 e. The van der Waals surface area contributed by atoms with E-state index in [4.69, 9.17) is 9.47 Å². The highest BCUT2D eigenvalue weighted by molar-refractivity contribution is 5.82. The molecule has 116 valence electrons. The van der Waals surface area contributed by atoms with Gasteiger partial charge >= 0.3 is 12.1 Å². The Labute approximate surface area is 120 Å². The Kier molecular flexibility index (Phi) is 4.69. The minimum Gasteiger partial charge on any atom is -0.458 e. The van der Waals surface area contributed by atoms with E-state index in [-0.39, 0.29) is 13.0 Å². The molecule has 1 aliphatic heterocycles. The fourth-order valence-electron chi connectivity index (χ4n) is 1.93. The quantitative estimate of drug-likeness (QED) is 0.743. The lowest BCUT2D eigenvalue weighted by Crippen LogP contribution is -2.45. The molecule has 0 aromatic rings. The van der Waals surface area contributed by atoms with E-state index in [1.807, 2.05) is 0 Å². The van der Waals surface area contributed by atoms with Gasteiger partial charge in [0, 0.05) is 6.42 Å². The number of carbonyl (C=O) groups excluding carboxylic acids is 2. The summed E-state index contributed by atoms with van der Waals surface area (Å²) in [4.78, 5) is 25.4. The molecule has 0 spiro atoms. The third kappa shape index (κ3) is 5.00. The lowest BCUT2D eigenvalue weighted by atomic mass is 10.1. The van der Waals surface area contributed by atoms with Crippen LogP contribution in [0.2, 0.25) is 0 Å². The van der Waals surface area contributed by atoms with Crippen molar-refractivity contribution in [3.05, 3.63) is 0 Å². The minimum absolute atomic E-state index is 0.0822. The van der Waals surface area contributed by atoms with Crippen LogP contribution in [-0.4, -0.2) is 52.0 Å². The molecule has 0 aromatic heterocycles. The van der Waals surface area contributed by atoms with Crippen LogP contribution in [0.3, 0.4) is 0 Å². The summed E-state index contributed by atoms with van der Waals surface area (Å²) in [5.74, 6) is -0.514. The van der Waals surface area contributed by atoms with E-state index in [2.05, 4.69) is 0 Å². The maximum absolute atomic E-state index is 12.1. The molecule has 0 bridgehead atoms. The van der Waals surface area contributed by atoms with Crippen molar-refractivity contribution in [2.75, 3.05) is 6.54 Å². The fraction of sp³-hybridized carbons (Fsp3) is 0.857. The average Bonchev–Trinajstić information content (AvgIpc) is 2.55. The SMILES string of the molecule is CC(C)(C)OC(=O)[C@@H]1C[C@H](O)CN1C(=O)OC(C)(C)C. The molecule has 0 aromatic carbocycles. The number of aliphatic hydroxyl groups excluding tert-OH is 1. The van der Waals surface area contributed by atoms with Crippen molar-refractivity contribution in [3.63, 3.8) is 0 Å². The van der Waals surface area contributed by atoms with Gasteiger partial charge in [0.25, 0.3) is 0 Å². The van der Waals surface area contributed by atoms with Gasteiger partial charge in [0.05, 0.1) is 12.6 Å². The van der Waals surface area contributed by atoms with Crippen molar-refractivity contribution in [1.82, 2.24) is 4.90 Å². The van der Waals surface area contributed by atoms with Crippen molar-refractivity contribution < 1.29 is 24.2 Å². The Morgan fingerprint density at radius 1 is 1.05 bits per heavy atom. The Bertz CT molecular complexity index is 344. The van der Waals surface area contributed by atoms with Gasteiger partial charge in [-0.15, -0.1) is 0 Å². The molecular weight excluding hydrogens is 262 g/mol. The molecule has 0 aliphatic carbocycles. The van der Waals surface area contributed by atoms with Gasteiger partial charge in [-0.2, -0.15) is 0 Å². The molecule has 0 saturated carbocycles. The molecule has 0 radical (unpaired) electrons. The summed E-state index contributed by atoms with van der Waals surface area (Å²) >= 11 is 0. The molecule has 20 heavy (non-hydrogen) atoms. The summed E-state index contributed by atoms with van der Waals surface area (Å²) in [7, 11) is 0. The number of rotatable bonds is 1. The van der Waals surface area contributed by atoms with Gasteiger partial charge in [-0.1, -0.05) is 0 Å². The molecular formula is C14H25NO5. The Morgan fingerprint density at radius 3 is 2.00 bits per heavy atom. The maximum Gasteiger partial charge on any atom is 0.411 e. The number of β-amino-alcohol motifs (C(OH)–C–C–N with tert-alkyl or cyclic N) is 1. The van der Waals surface area contributed by atoms with Crippen molar-refractivity contribution in [3.8, 4) is 0 Å². The topological polar surface area (TPSA) is 76.1 Å². The molecule has 2 atom stereocenters. The van der Waals surface area contributed by atoms with Crippen molar-refractivity contribution >= 4 is 12.1 Å². The third-order valence-electron chi connectivity index (χ3n) is 2.59. The first-order valence-electron chi connectivity index (χ1n) is 6.79. The molecule has 1 rings (SSSR count). The molecule has 1 fully saturated rings. The Hall–Kier alpha value is -1.30. The molecule has 0 unspecified atom stereocenters. The monoisotopic (exact) mass is 287 g/mol. The van der Waals surface area contributed by atoms with Crippen molar-refractivity contribution in [2.24, 2.45) is 0 Å². The molecule has 6 nitrogen and oxygen atoms in total. The van der Waals surface area contributed by atoms with Gasteiger partial charge in [0.2, 0.25) is 0 Å². The zero-order valence-corrected chi connectivity index (χ0v) is 13.1. The van der Waals surface area contributed by atoms with Crippen LogP contribution in [0.15, 0.2) is 0 Å². The van der Waals surface area contributed by atoms with Gasteiger partial charge in [-0.05, 0) is 41.5 Å². The fourth-order valence-corrected chi connectivity index (χ4v) is 1.93. The number of nitrogens with zero attached hydrogens (tertiary/aromatic N) is 1. The van der Waals surface area contributed by atoms with Gasteiger partial charge in [-0.25, -0.2) is 9.59 Å². The van der Waals surface area contributed by atoms with Gasteiger partial charge in [0.1, 0.15) is 17.2 Å². The molecule has 1 N–H and O–H groups in total. The van der Waals surface area contributed by atoms with E-state index < -0.39 is 35.4 Å². The van der Waals surface area contributed by atoms with E-state index in [9.17, 15) is 14.7 Å². The molecule has 1 heterocycles. The number of hydrogen-bond donors (Lipinski definition) is 1. The van der Waals surface area contributed by atoms with Crippen LogP contribution in [-0.2, 0) is 14.3 Å². The second-order valence-electron chi connectivity index (χ2n) is 7.07. The molecule has 1 saturated heterocycles. The van der Waals surface area contributed by atoms with E-state index >= 15 is 0 Å². The van der Waals surface area contributed by atoms with Gasteiger partial charge in [-0.3, -0.25) is 4.90 Å². The summed E-state index contributed by atoms with van der Waals surface area (Å²) in [6.07, 6.45) is -1.17. The highest BCUT2D eigenvalue weighted by atomic mass is 16.6. The average molecular weight is 287 g/mol. The van der Waals surface area contributed by atoms with Crippen molar-refractivity contribution in [2.45, 2.75) is 71.3 Å². The zero-order valence-electron chi connectivity index (χ0n) is 13.1. The van der Waals surface area contributed by atoms with Crippen LogP contribution in [0.1, 0.15) is 48.0 Å².